The number of alkyl halides is 1. The third-order valence-electron chi connectivity index (χ3n) is 4.33. The van der Waals surface area contributed by atoms with Gasteiger partial charge in [0.1, 0.15) is 11.5 Å². The molecule has 0 aliphatic heterocycles. The highest BCUT2D eigenvalue weighted by molar-refractivity contribution is 6.19. The van der Waals surface area contributed by atoms with Gasteiger partial charge in [0.05, 0.1) is 17.6 Å². The maximum absolute atomic E-state index is 13.6. The van der Waals surface area contributed by atoms with Crippen LogP contribution in [0.5, 0.6) is 0 Å². The van der Waals surface area contributed by atoms with E-state index >= 15 is 0 Å². The number of aromatic nitrogens is 3. The summed E-state index contributed by atoms with van der Waals surface area (Å²) in [5, 5.41) is 9.72. The predicted molar refractivity (Wildman–Crippen MR) is 99.4 cm³/mol. The second kappa shape index (κ2) is 6.52. The minimum absolute atomic E-state index is 0.244. The summed E-state index contributed by atoms with van der Waals surface area (Å²) in [6.45, 7) is 1.73. The Hall–Kier alpha value is -2.76. The number of fused-ring (bicyclic) bond motifs is 1. The Morgan fingerprint density at radius 3 is 2.69 bits per heavy atom. The molecule has 4 aromatic rings. The van der Waals surface area contributed by atoms with Crippen LogP contribution >= 0.6 is 11.6 Å². The van der Waals surface area contributed by atoms with Crippen LogP contribution in [0.2, 0.25) is 0 Å². The Kier molecular flexibility index (Phi) is 4.18. The van der Waals surface area contributed by atoms with Gasteiger partial charge in [0, 0.05) is 29.1 Å². The van der Waals surface area contributed by atoms with E-state index in [1.807, 2.05) is 30.5 Å². The van der Waals surface area contributed by atoms with E-state index in [0.29, 0.717) is 16.9 Å². The Morgan fingerprint density at radius 1 is 1.12 bits per heavy atom. The van der Waals surface area contributed by atoms with E-state index in [4.69, 9.17) is 11.6 Å². The number of aliphatic hydroxyl groups is 1. The lowest BCUT2D eigenvalue weighted by Crippen LogP contribution is -1.97. The normalized spacial score (nSPS) is 12.5. The zero-order valence-electron chi connectivity index (χ0n) is 13.9. The zero-order chi connectivity index (χ0) is 18.3. The molecule has 4 rings (SSSR count). The van der Waals surface area contributed by atoms with E-state index in [0.717, 1.165) is 22.4 Å². The number of aliphatic hydroxyl groups excluding tert-OH is 1. The first-order valence-electron chi connectivity index (χ1n) is 8.05. The summed E-state index contributed by atoms with van der Waals surface area (Å²) < 4.78 is 15.4. The fourth-order valence-corrected chi connectivity index (χ4v) is 3.16. The number of benzene rings is 1. The fraction of sp³-hybridized carbons (Fsp3) is 0.100. The molecular weight excluding hydrogens is 353 g/mol. The van der Waals surface area contributed by atoms with Gasteiger partial charge in [-0.3, -0.25) is 9.38 Å². The standard InChI is InChI=1S/C20H15ClFN3O/c1-12-9-13(4-6-16(12)22)19-15(3-2-8-23-19)14-5-7-18-24-10-17(20(21)26)25(18)11-14/h2-11,20,26H,1H3. The molecule has 0 fully saturated rings. The maximum atomic E-state index is 13.6. The summed E-state index contributed by atoms with van der Waals surface area (Å²) in [7, 11) is 0. The minimum Gasteiger partial charge on any atom is -0.372 e. The van der Waals surface area contributed by atoms with Crippen molar-refractivity contribution in [3.05, 3.63) is 78.1 Å². The molecule has 26 heavy (non-hydrogen) atoms. The Bertz CT molecular complexity index is 1110. The predicted octanol–water partition coefficient (Wildman–Crippen LogP) is 4.74. The van der Waals surface area contributed by atoms with E-state index in [9.17, 15) is 9.50 Å². The van der Waals surface area contributed by atoms with Crippen molar-refractivity contribution in [1.82, 2.24) is 14.4 Å². The van der Waals surface area contributed by atoms with Gasteiger partial charge in [-0.2, -0.15) is 0 Å². The number of hydrogen-bond donors (Lipinski definition) is 1. The monoisotopic (exact) mass is 367 g/mol. The van der Waals surface area contributed by atoms with Gasteiger partial charge in [-0.25, -0.2) is 9.37 Å². The number of rotatable bonds is 3. The van der Waals surface area contributed by atoms with Crippen molar-refractivity contribution in [2.45, 2.75) is 12.5 Å². The number of imidazole rings is 1. The first-order valence-corrected chi connectivity index (χ1v) is 8.49. The van der Waals surface area contributed by atoms with E-state index in [2.05, 4.69) is 9.97 Å². The number of aryl methyl sites for hydroxylation is 1. The van der Waals surface area contributed by atoms with Crippen LogP contribution in [0.25, 0.3) is 28.0 Å². The van der Waals surface area contributed by atoms with Crippen molar-refractivity contribution in [1.29, 1.82) is 0 Å². The molecule has 3 aromatic heterocycles. The summed E-state index contributed by atoms with van der Waals surface area (Å²) in [5.74, 6) is -0.244. The van der Waals surface area contributed by atoms with Crippen LogP contribution in [0.15, 0.2) is 61.1 Å². The number of nitrogens with zero attached hydrogens (tertiary/aromatic N) is 3. The van der Waals surface area contributed by atoms with E-state index in [1.54, 1.807) is 35.9 Å². The van der Waals surface area contributed by atoms with Gasteiger partial charge in [0.25, 0.3) is 0 Å². The minimum atomic E-state index is -1.15. The van der Waals surface area contributed by atoms with Crippen molar-refractivity contribution in [2.75, 3.05) is 0 Å². The first kappa shape index (κ1) is 16.7. The SMILES string of the molecule is Cc1cc(-c2ncccc2-c2ccc3ncc(C(O)Cl)n3c2)ccc1F. The third-order valence-corrected chi connectivity index (χ3v) is 4.55. The molecule has 4 nitrogen and oxygen atoms in total. The lowest BCUT2D eigenvalue weighted by Gasteiger charge is -2.11. The quantitative estimate of drug-likeness (QED) is 0.532. The van der Waals surface area contributed by atoms with Crippen LogP contribution in [0.3, 0.4) is 0 Å². The van der Waals surface area contributed by atoms with Crippen molar-refractivity contribution >= 4 is 17.2 Å². The van der Waals surface area contributed by atoms with E-state index in [-0.39, 0.29) is 5.82 Å². The molecule has 0 saturated carbocycles. The molecule has 1 aromatic carbocycles. The van der Waals surface area contributed by atoms with Gasteiger partial charge in [-0.1, -0.05) is 17.7 Å². The second-order valence-corrected chi connectivity index (χ2v) is 6.44. The van der Waals surface area contributed by atoms with Crippen LogP contribution in [0.4, 0.5) is 4.39 Å². The van der Waals surface area contributed by atoms with Crippen molar-refractivity contribution in [2.24, 2.45) is 0 Å². The van der Waals surface area contributed by atoms with Gasteiger partial charge in [-0.05, 0) is 48.9 Å². The van der Waals surface area contributed by atoms with Crippen LogP contribution < -0.4 is 0 Å². The van der Waals surface area contributed by atoms with Crippen molar-refractivity contribution in [3.8, 4) is 22.4 Å². The lowest BCUT2D eigenvalue weighted by molar-refractivity contribution is 0.257. The molecule has 1 atom stereocenters. The topological polar surface area (TPSA) is 50.4 Å². The molecule has 0 aliphatic rings. The molecule has 0 spiro atoms. The highest BCUT2D eigenvalue weighted by Crippen LogP contribution is 2.32. The summed E-state index contributed by atoms with van der Waals surface area (Å²) in [6.07, 6.45) is 5.12. The van der Waals surface area contributed by atoms with Gasteiger partial charge in [0.2, 0.25) is 0 Å². The van der Waals surface area contributed by atoms with Crippen LogP contribution in [-0.2, 0) is 0 Å². The molecule has 0 amide bonds. The highest BCUT2D eigenvalue weighted by Gasteiger charge is 2.14. The molecule has 130 valence electrons. The van der Waals surface area contributed by atoms with Crippen molar-refractivity contribution < 1.29 is 9.50 Å². The molecule has 1 unspecified atom stereocenters. The molecule has 0 saturated heterocycles. The smallest absolute Gasteiger partial charge is 0.170 e. The number of halogens is 2. The molecule has 0 radical (unpaired) electrons. The third kappa shape index (κ3) is 2.85. The summed E-state index contributed by atoms with van der Waals surface area (Å²) in [4.78, 5) is 8.74. The first-order chi connectivity index (χ1) is 12.5. The number of pyridine rings is 2. The Balaban J connectivity index is 1.90. The maximum Gasteiger partial charge on any atom is 0.170 e. The average Bonchev–Trinajstić information content (AvgIpc) is 3.07. The summed E-state index contributed by atoms with van der Waals surface area (Å²) in [5.41, 5.74) is 3.97. The average molecular weight is 368 g/mol. The Labute approximate surface area is 154 Å². The van der Waals surface area contributed by atoms with Gasteiger partial charge in [-0.15, -0.1) is 0 Å². The molecular formula is C20H15ClFN3O. The Morgan fingerprint density at radius 2 is 1.92 bits per heavy atom. The van der Waals surface area contributed by atoms with Gasteiger partial charge < -0.3 is 5.11 Å². The summed E-state index contributed by atoms with van der Waals surface area (Å²) in [6, 6.07) is 12.5. The fourth-order valence-electron chi connectivity index (χ4n) is 3.00. The molecule has 0 aliphatic carbocycles. The van der Waals surface area contributed by atoms with Crippen LogP contribution in [0.1, 0.15) is 16.8 Å². The van der Waals surface area contributed by atoms with Crippen LogP contribution in [0, 0.1) is 12.7 Å². The summed E-state index contributed by atoms with van der Waals surface area (Å²) >= 11 is 5.83. The van der Waals surface area contributed by atoms with Crippen LogP contribution in [-0.4, -0.2) is 19.5 Å². The highest BCUT2D eigenvalue weighted by atomic mass is 35.5. The molecule has 0 bridgehead atoms. The molecule has 6 heteroatoms. The largest absolute Gasteiger partial charge is 0.372 e. The van der Waals surface area contributed by atoms with Gasteiger partial charge >= 0.3 is 0 Å². The van der Waals surface area contributed by atoms with Gasteiger partial charge in [0.15, 0.2) is 5.56 Å². The van der Waals surface area contributed by atoms with Crippen molar-refractivity contribution in [3.63, 3.8) is 0 Å². The van der Waals surface area contributed by atoms with E-state index < -0.39 is 5.56 Å². The number of hydrogen-bond acceptors (Lipinski definition) is 3. The lowest BCUT2D eigenvalue weighted by atomic mass is 9.99. The molecule has 1 N–H and O–H groups in total. The molecule has 3 heterocycles. The zero-order valence-corrected chi connectivity index (χ0v) is 14.7. The second-order valence-electron chi connectivity index (χ2n) is 6.03. The van der Waals surface area contributed by atoms with E-state index in [1.165, 1.54) is 6.07 Å².